The van der Waals surface area contributed by atoms with Gasteiger partial charge in [-0.05, 0) is 30.3 Å². The zero-order valence-electron chi connectivity index (χ0n) is 10.7. The molecule has 6 nitrogen and oxygen atoms in total. The second kappa shape index (κ2) is 4.75. The molecule has 0 radical (unpaired) electrons. The van der Waals surface area contributed by atoms with Crippen molar-refractivity contribution in [1.29, 1.82) is 0 Å². The van der Waals surface area contributed by atoms with Crippen molar-refractivity contribution in [2.45, 2.75) is 0 Å². The lowest BCUT2D eigenvalue weighted by molar-refractivity contribution is 0.0697. The van der Waals surface area contributed by atoms with E-state index in [1.165, 1.54) is 22.8 Å². The molecule has 0 saturated carbocycles. The van der Waals surface area contributed by atoms with Crippen molar-refractivity contribution < 1.29 is 9.90 Å². The van der Waals surface area contributed by atoms with E-state index in [1.807, 2.05) is 0 Å². The van der Waals surface area contributed by atoms with E-state index in [0.29, 0.717) is 16.7 Å². The van der Waals surface area contributed by atoms with E-state index in [4.69, 9.17) is 5.11 Å². The number of para-hydroxylation sites is 1. The van der Waals surface area contributed by atoms with E-state index in [0.717, 1.165) is 0 Å². The first-order valence-corrected chi connectivity index (χ1v) is 6.16. The minimum Gasteiger partial charge on any atom is -0.478 e. The van der Waals surface area contributed by atoms with Crippen LogP contribution in [0, 0.1) is 0 Å². The van der Waals surface area contributed by atoms with Gasteiger partial charge in [0.05, 0.1) is 16.6 Å². The van der Waals surface area contributed by atoms with Crippen molar-refractivity contribution in [2.24, 2.45) is 0 Å². The molecular weight excluding hydrogens is 272 g/mol. The van der Waals surface area contributed by atoms with Crippen molar-refractivity contribution in [2.75, 3.05) is 0 Å². The Bertz CT molecular complexity index is 955. The molecule has 3 rings (SSSR count). The van der Waals surface area contributed by atoms with Crippen molar-refractivity contribution in [3.8, 4) is 5.69 Å². The average molecular weight is 282 g/mol. The average Bonchev–Trinajstić information content (AvgIpc) is 2.49. The third-order valence-electron chi connectivity index (χ3n) is 3.15. The van der Waals surface area contributed by atoms with Gasteiger partial charge in [-0.25, -0.2) is 4.79 Å². The molecule has 0 unspecified atom stereocenters. The Labute approximate surface area is 117 Å². The van der Waals surface area contributed by atoms with E-state index in [-0.39, 0.29) is 5.56 Å². The summed E-state index contributed by atoms with van der Waals surface area (Å²) < 4.78 is 1.21. The molecule has 1 aromatic heterocycles. The van der Waals surface area contributed by atoms with Crippen molar-refractivity contribution in [3.63, 3.8) is 0 Å². The van der Waals surface area contributed by atoms with Gasteiger partial charge in [-0.15, -0.1) is 0 Å². The fourth-order valence-electron chi connectivity index (χ4n) is 2.18. The summed E-state index contributed by atoms with van der Waals surface area (Å²) in [6, 6.07) is 12.8. The van der Waals surface area contributed by atoms with Crippen LogP contribution in [0.5, 0.6) is 0 Å². The van der Waals surface area contributed by atoms with Crippen LogP contribution in [0.15, 0.2) is 58.1 Å². The molecule has 104 valence electrons. The Balaban J connectivity index is 2.48. The molecule has 0 amide bonds. The summed E-state index contributed by atoms with van der Waals surface area (Å²) in [5.74, 6) is -1.10. The van der Waals surface area contributed by atoms with Crippen LogP contribution in [0.2, 0.25) is 0 Å². The first kappa shape index (κ1) is 12.9. The van der Waals surface area contributed by atoms with Gasteiger partial charge < -0.3 is 10.1 Å². The number of carboxylic acid groups (broad SMARTS) is 1. The molecule has 0 aliphatic rings. The molecule has 0 aliphatic carbocycles. The van der Waals surface area contributed by atoms with E-state index in [1.54, 1.807) is 30.3 Å². The van der Waals surface area contributed by atoms with Gasteiger partial charge >= 0.3 is 17.1 Å². The molecule has 1 heterocycles. The summed E-state index contributed by atoms with van der Waals surface area (Å²) in [6.45, 7) is 0. The number of benzene rings is 2. The number of aromatic carboxylic acids is 1. The zero-order valence-corrected chi connectivity index (χ0v) is 10.7. The van der Waals surface area contributed by atoms with Gasteiger partial charge in [0.2, 0.25) is 0 Å². The molecule has 0 spiro atoms. The molecule has 0 atom stereocenters. The minimum absolute atomic E-state index is 0.0404. The lowest BCUT2D eigenvalue weighted by Gasteiger charge is -2.10. The van der Waals surface area contributed by atoms with Crippen LogP contribution < -0.4 is 11.1 Å². The summed E-state index contributed by atoms with van der Waals surface area (Å²) in [7, 11) is 0. The first-order valence-electron chi connectivity index (χ1n) is 6.16. The van der Waals surface area contributed by atoms with Crippen LogP contribution >= 0.6 is 0 Å². The van der Waals surface area contributed by atoms with Crippen LogP contribution in [0.25, 0.3) is 16.7 Å². The molecular formula is C15H10N2O4. The number of H-pyrrole nitrogens is 1. The van der Waals surface area contributed by atoms with E-state index in [2.05, 4.69) is 4.98 Å². The first-order chi connectivity index (χ1) is 10.1. The van der Waals surface area contributed by atoms with Gasteiger partial charge in [0.25, 0.3) is 0 Å². The van der Waals surface area contributed by atoms with Gasteiger partial charge in [0.15, 0.2) is 0 Å². The SMILES string of the molecule is O=C(O)c1ccc2[nH]c(=O)c(=O)n(-c3ccccc3)c2c1. The second-order valence-corrected chi connectivity index (χ2v) is 4.47. The highest BCUT2D eigenvalue weighted by atomic mass is 16.4. The lowest BCUT2D eigenvalue weighted by Crippen LogP contribution is -2.35. The Morgan fingerprint density at radius 1 is 1.05 bits per heavy atom. The standard InChI is InChI=1S/C15H10N2O4/c18-13-14(19)17(10-4-2-1-3-5-10)12-8-9(15(20)21)6-7-11(12)16-13/h1-8H,(H,16,18)(H,20,21). The number of aromatic nitrogens is 2. The topological polar surface area (TPSA) is 92.2 Å². The maximum Gasteiger partial charge on any atom is 0.335 e. The Morgan fingerprint density at radius 3 is 2.43 bits per heavy atom. The number of hydrogen-bond donors (Lipinski definition) is 2. The van der Waals surface area contributed by atoms with Crippen molar-refractivity contribution in [3.05, 3.63) is 74.8 Å². The summed E-state index contributed by atoms with van der Waals surface area (Å²) in [4.78, 5) is 37.4. The molecule has 3 aromatic rings. The number of hydrogen-bond acceptors (Lipinski definition) is 3. The molecule has 2 N–H and O–H groups in total. The number of carboxylic acids is 1. The summed E-state index contributed by atoms with van der Waals surface area (Å²) in [5.41, 5.74) is -0.232. The quantitative estimate of drug-likeness (QED) is 0.694. The number of nitrogens with one attached hydrogen (secondary N) is 1. The smallest absolute Gasteiger partial charge is 0.335 e. The summed E-state index contributed by atoms with van der Waals surface area (Å²) in [5, 5.41) is 9.07. The maximum atomic E-state index is 12.1. The Kier molecular flexibility index (Phi) is 2.91. The summed E-state index contributed by atoms with van der Waals surface area (Å²) in [6.07, 6.45) is 0. The predicted molar refractivity (Wildman–Crippen MR) is 77.1 cm³/mol. The maximum absolute atomic E-state index is 12.1. The molecule has 0 fully saturated rings. The number of fused-ring (bicyclic) bond motifs is 1. The van der Waals surface area contributed by atoms with Crippen LogP contribution in [-0.2, 0) is 0 Å². The zero-order chi connectivity index (χ0) is 15.0. The highest BCUT2D eigenvalue weighted by Crippen LogP contribution is 2.15. The Morgan fingerprint density at radius 2 is 1.76 bits per heavy atom. The predicted octanol–water partition coefficient (Wildman–Crippen LogP) is 1.38. The number of nitrogens with zero attached hydrogens (tertiary/aromatic N) is 1. The largest absolute Gasteiger partial charge is 0.478 e. The van der Waals surface area contributed by atoms with Crippen molar-refractivity contribution >= 4 is 17.0 Å². The lowest BCUT2D eigenvalue weighted by atomic mass is 10.2. The number of carbonyl (C=O) groups is 1. The monoisotopic (exact) mass is 282 g/mol. The summed E-state index contributed by atoms with van der Waals surface area (Å²) >= 11 is 0. The van der Waals surface area contributed by atoms with Gasteiger partial charge in [0.1, 0.15) is 0 Å². The minimum atomic E-state index is -1.10. The van der Waals surface area contributed by atoms with E-state index >= 15 is 0 Å². The molecule has 6 heteroatoms. The van der Waals surface area contributed by atoms with Gasteiger partial charge in [0, 0.05) is 5.69 Å². The number of rotatable bonds is 2. The van der Waals surface area contributed by atoms with E-state index < -0.39 is 17.1 Å². The third-order valence-corrected chi connectivity index (χ3v) is 3.15. The second-order valence-electron chi connectivity index (χ2n) is 4.47. The van der Waals surface area contributed by atoms with Crippen LogP contribution in [-0.4, -0.2) is 20.6 Å². The van der Waals surface area contributed by atoms with Gasteiger partial charge in [-0.3, -0.25) is 14.2 Å². The van der Waals surface area contributed by atoms with Crippen LogP contribution in [0.4, 0.5) is 0 Å². The third kappa shape index (κ3) is 2.12. The molecule has 2 aromatic carbocycles. The normalized spacial score (nSPS) is 10.7. The Hall–Kier alpha value is -3.15. The van der Waals surface area contributed by atoms with Crippen LogP contribution in [0.1, 0.15) is 10.4 Å². The molecule has 0 bridgehead atoms. The van der Waals surface area contributed by atoms with E-state index in [9.17, 15) is 14.4 Å². The molecule has 21 heavy (non-hydrogen) atoms. The highest BCUT2D eigenvalue weighted by Gasteiger charge is 2.12. The fourth-order valence-corrected chi connectivity index (χ4v) is 2.18. The fraction of sp³-hybridized carbons (Fsp3) is 0. The highest BCUT2D eigenvalue weighted by molar-refractivity contribution is 5.92. The van der Waals surface area contributed by atoms with Crippen LogP contribution in [0.3, 0.4) is 0 Å². The molecule has 0 saturated heterocycles. The van der Waals surface area contributed by atoms with Gasteiger partial charge in [-0.2, -0.15) is 0 Å². The van der Waals surface area contributed by atoms with Gasteiger partial charge in [-0.1, -0.05) is 18.2 Å². The molecule has 0 aliphatic heterocycles. The number of aromatic amines is 1. The van der Waals surface area contributed by atoms with Crippen molar-refractivity contribution in [1.82, 2.24) is 9.55 Å².